The lowest BCUT2D eigenvalue weighted by Crippen LogP contribution is -2.48. The van der Waals surface area contributed by atoms with Crippen LogP contribution in [0.5, 0.6) is 5.75 Å². The summed E-state index contributed by atoms with van der Waals surface area (Å²) in [6.07, 6.45) is 0.0603. The molecule has 5 rings (SSSR count). The van der Waals surface area contributed by atoms with Crippen molar-refractivity contribution in [3.05, 3.63) is 81.9 Å². The Hall–Kier alpha value is -5.11. The Morgan fingerprint density at radius 2 is 1.60 bits per heavy atom. The van der Waals surface area contributed by atoms with Crippen LogP contribution >= 0.6 is 0 Å². The topological polar surface area (TPSA) is 204 Å². The van der Waals surface area contributed by atoms with Crippen molar-refractivity contribution < 1.29 is 32.3 Å². The Kier molecular flexibility index (Phi) is 10.4. The molecule has 0 saturated carbocycles. The quantitative estimate of drug-likeness (QED) is 0.107. The van der Waals surface area contributed by atoms with E-state index in [0.717, 1.165) is 33.4 Å². The second-order valence-electron chi connectivity index (χ2n) is 13.3. The van der Waals surface area contributed by atoms with Crippen molar-refractivity contribution >= 4 is 33.9 Å². The molecule has 7 N–H and O–H groups in total. The molecule has 2 aliphatic rings. The van der Waals surface area contributed by atoms with Gasteiger partial charge in [0.2, 0.25) is 17.8 Å². The van der Waals surface area contributed by atoms with Crippen LogP contribution in [-0.2, 0) is 30.8 Å². The van der Waals surface area contributed by atoms with Gasteiger partial charge < -0.3 is 31.6 Å². The first-order valence-corrected chi connectivity index (χ1v) is 17.9. The molecule has 0 fully saturated rings. The number of guanidine groups is 1. The zero-order chi connectivity index (χ0) is 36.4. The number of primary amides is 1. The number of fused-ring (bicyclic) bond motifs is 4. The van der Waals surface area contributed by atoms with Crippen LogP contribution < -0.4 is 31.6 Å². The molecule has 1 aliphatic heterocycles. The van der Waals surface area contributed by atoms with Gasteiger partial charge in [0.1, 0.15) is 24.0 Å². The van der Waals surface area contributed by atoms with Crippen LogP contribution in [0, 0.1) is 20.8 Å². The molecule has 0 bridgehead atoms. The molecular formula is C36H44N6O7S. The molecule has 0 saturated heterocycles. The normalized spacial score (nSPS) is 15.3. The Balaban J connectivity index is 1.21. The van der Waals surface area contributed by atoms with Crippen LogP contribution in [0.4, 0.5) is 4.79 Å². The number of carbonyl (C=O) groups excluding carboxylic acids is 3. The number of alkyl carbamates (subject to hydrolysis) is 1. The number of amides is 3. The number of aliphatic imine (C=N–C) groups is 1. The number of rotatable bonds is 12. The molecule has 0 radical (unpaired) electrons. The van der Waals surface area contributed by atoms with E-state index >= 15 is 0 Å². The molecule has 3 amide bonds. The second kappa shape index (κ2) is 14.4. The van der Waals surface area contributed by atoms with E-state index in [1.807, 2.05) is 69.3 Å². The highest BCUT2D eigenvalue weighted by molar-refractivity contribution is 7.90. The van der Waals surface area contributed by atoms with E-state index in [-0.39, 0.29) is 42.8 Å². The minimum atomic E-state index is -4.09. The predicted octanol–water partition coefficient (Wildman–Crippen LogP) is 3.21. The summed E-state index contributed by atoms with van der Waals surface area (Å²) >= 11 is 0. The van der Waals surface area contributed by atoms with E-state index in [1.54, 1.807) is 13.8 Å². The molecule has 3 aromatic rings. The van der Waals surface area contributed by atoms with Gasteiger partial charge in [-0.2, -0.15) is 0 Å². The molecule has 50 heavy (non-hydrogen) atoms. The van der Waals surface area contributed by atoms with Crippen LogP contribution in [0.15, 0.2) is 58.4 Å². The highest BCUT2D eigenvalue weighted by Gasteiger charge is 2.37. The largest absolute Gasteiger partial charge is 0.487 e. The maximum Gasteiger partial charge on any atom is 0.407 e. The van der Waals surface area contributed by atoms with E-state index in [1.165, 1.54) is 0 Å². The van der Waals surface area contributed by atoms with Crippen molar-refractivity contribution in [3.63, 3.8) is 0 Å². The maximum atomic E-state index is 13.5. The molecule has 0 unspecified atom stereocenters. The van der Waals surface area contributed by atoms with Gasteiger partial charge in [-0.1, -0.05) is 48.5 Å². The summed E-state index contributed by atoms with van der Waals surface area (Å²) in [6.45, 7) is 8.89. The first-order chi connectivity index (χ1) is 23.6. The lowest BCUT2D eigenvalue weighted by Gasteiger charge is -2.20. The molecule has 1 aliphatic carbocycles. The summed E-state index contributed by atoms with van der Waals surface area (Å²) in [7, 11) is -4.09. The van der Waals surface area contributed by atoms with E-state index in [2.05, 4.69) is 20.3 Å². The van der Waals surface area contributed by atoms with E-state index in [0.29, 0.717) is 23.3 Å². The van der Waals surface area contributed by atoms with Gasteiger partial charge in [0, 0.05) is 24.4 Å². The third-order valence-electron chi connectivity index (χ3n) is 9.12. The molecule has 3 aromatic carbocycles. The predicted molar refractivity (Wildman–Crippen MR) is 189 cm³/mol. The van der Waals surface area contributed by atoms with Gasteiger partial charge in [0.25, 0.3) is 10.0 Å². The summed E-state index contributed by atoms with van der Waals surface area (Å²) < 4.78 is 41.1. The fourth-order valence-corrected chi connectivity index (χ4v) is 8.24. The monoisotopic (exact) mass is 704 g/mol. The van der Waals surface area contributed by atoms with Crippen molar-refractivity contribution in [3.8, 4) is 16.9 Å². The summed E-state index contributed by atoms with van der Waals surface area (Å²) in [5, 5.41) is 4.98. The molecule has 14 heteroatoms. The summed E-state index contributed by atoms with van der Waals surface area (Å²) in [6, 6.07) is 14.7. The van der Waals surface area contributed by atoms with Crippen LogP contribution in [0.25, 0.3) is 11.1 Å². The summed E-state index contributed by atoms with van der Waals surface area (Å²) in [5.41, 5.74) is 17.7. The SMILES string of the molecule is Cc1c(C)c(S(=O)(=O)NC(N)=NCCC[C@@H](NC(=O)OCC2c3ccccc3-c3ccccc32)C(=O)NCC(N)=O)c(C)c2c1OC(C)(C)C2. The molecule has 13 nitrogen and oxygen atoms in total. The Morgan fingerprint density at radius 3 is 2.22 bits per heavy atom. The van der Waals surface area contributed by atoms with Gasteiger partial charge in [-0.05, 0) is 86.4 Å². The Morgan fingerprint density at radius 1 is 0.980 bits per heavy atom. The number of nitrogens with two attached hydrogens (primary N) is 2. The van der Waals surface area contributed by atoms with E-state index < -0.39 is 46.1 Å². The van der Waals surface area contributed by atoms with Crippen molar-refractivity contribution in [2.75, 3.05) is 19.7 Å². The average molecular weight is 705 g/mol. The lowest BCUT2D eigenvalue weighted by atomic mass is 9.94. The standard InChI is InChI=1S/C36H44N6O7S/c1-20-21(2)32(22(3)27-17-36(4,5)49-31(20)27)50(46,47)42-34(38)39-16-10-15-29(33(44)40-18-30(37)43)41-35(45)48-19-28-25-13-8-6-11-23(25)24-12-7-9-14-26(24)28/h6-9,11-14,28-29H,10,15-19H2,1-5H3,(H2,37,43)(H,40,44)(H,41,45)(H3,38,39,42)/t29-/m1/s1. The Bertz CT molecular complexity index is 1930. The number of hydrogen-bond acceptors (Lipinski definition) is 8. The number of nitrogens with one attached hydrogen (secondary N) is 3. The zero-order valence-corrected chi connectivity index (χ0v) is 29.7. The fraction of sp³-hybridized carbons (Fsp3) is 0.389. The summed E-state index contributed by atoms with van der Waals surface area (Å²) in [4.78, 5) is 41.4. The fourth-order valence-electron chi connectivity index (χ4n) is 6.71. The molecule has 0 aromatic heterocycles. The Labute approximate surface area is 292 Å². The van der Waals surface area contributed by atoms with Crippen LogP contribution in [0.2, 0.25) is 0 Å². The number of hydrogen-bond donors (Lipinski definition) is 5. The van der Waals surface area contributed by atoms with Crippen molar-refractivity contribution in [1.82, 2.24) is 15.4 Å². The number of carbonyl (C=O) groups is 3. The first kappa shape index (κ1) is 36.2. The maximum absolute atomic E-state index is 13.5. The smallest absolute Gasteiger partial charge is 0.407 e. The van der Waals surface area contributed by atoms with Gasteiger partial charge in [0.15, 0.2) is 0 Å². The van der Waals surface area contributed by atoms with Gasteiger partial charge in [-0.25, -0.2) is 17.9 Å². The van der Waals surface area contributed by atoms with Crippen molar-refractivity contribution in [1.29, 1.82) is 0 Å². The number of nitrogens with zero attached hydrogens (tertiary/aromatic N) is 1. The second-order valence-corrected chi connectivity index (χ2v) is 14.9. The third kappa shape index (κ3) is 7.70. The zero-order valence-electron chi connectivity index (χ0n) is 28.9. The highest BCUT2D eigenvalue weighted by Crippen LogP contribution is 2.45. The number of ether oxygens (including phenoxy) is 2. The van der Waals surface area contributed by atoms with Crippen molar-refractivity contribution in [2.24, 2.45) is 16.5 Å². The number of benzene rings is 3. The van der Waals surface area contributed by atoms with Crippen molar-refractivity contribution in [2.45, 2.75) is 76.3 Å². The third-order valence-corrected chi connectivity index (χ3v) is 10.7. The van der Waals surface area contributed by atoms with E-state index in [4.69, 9.17) is 20.9 Å². The van der Waals surface area contributed by atoms with Crippen LogP contribution in [0.1, 0.15) is 66.0 Å². The van der Waals surface area contributed by atoms with Crippen LogP contribution in [-0.4, -0.2) is 63.6 Å². The van der Waals surface area contributed by atoms with Gasteiger partial charge in [-0.3, -0.25) is 14.6 Å². The van der Waals surface area contributed by atoms with Gasteiger partial charge in [-0.15, -0.1) is 0 Å². The minimum Gasteiger partial charge on any atom is -0.487 e. The van der Waals surface area contributed by atoms with E-state index in [9.17, 15) is 22.8 Å². The molecule has 0 spiro atoms. The summed E-state index contributed by atoms with van der Waals surface area (Å²) in [5.74, 6) is -1.17. The number of sulfonamides is 1. The van der Waals surface area contributed by atoms with Gasteiger partial charge >= 0.3 is 6.09 Å². The average Bonchev–Trinajstić information content (AvgIpc) is 3.56. The molecule has 266 valence electrons. The first-order valence-electron chi connectivity index (χ1n) is 16.4. The lowest BCUT2D eigenvalue weighted by molar-refractivity contribution is -0.126. The van der Waals surface area contributed by atoms with Crippen LogP contribution in [0.3, 0.4) is 0 Å². The highest BCUT2D eigenvalue weighted by atomic mass is 32.2. The molecule has 1 atom stereocenters. The minimum absolute atomic E-state index is 0.0313. The molecule has 1 heterocycles. The molecular weight excluding hydrogens is 660 g/mol. The van der Waals surface area contributed by atoms with Gasteiger partial charge in [0.05, 0.1) is 11.4 Å².